The monoisotopic (exact) mass is 439 g/mol. The van der Waals surface area contributed by atoms with Crippen LogP contribution in [0.3, 0.4) is 0 Å². The molecule has 2 aromatic heterocycles. The zero-order chi connectivity index (χ0) is 22.6. The second kappa shape index (κ2) is 7.74. The van der Waals surface area contributed by atoms with Crippen molar-refractivity contribution in [3.8, 4) is 0 Å². The molecule has 1 N–H and O–H groups in total. The molecule has 172 valence electrons. The first-order valence-electron chi connectivity index (χ1n) is 12.0. The number of hydrogen-bond acceptors (Lipinski definition) is 4. The van der Waals surface area contributed by atoms with Crippen LogP contribution in [-0.2, 0) is 22.6 Å². The van der Waals surface area contributed by atoms with E-state index in [2.05, 4.69) is 5.10 Å². The largest absolute Gasteiger partial charge is 0.336 e. The summed E-state index contributed by atoms with van der Waals surface area (Å²) >= 11 is 0. The average Bonchev–Trinajstić information content (AvgIpc) is 3.51. The number of amides is 2. The second-order valence-corrected chi connectivity index (χ2v) is 10.6. The zero-order valence-electron chi connectivity index (χ0n) is 19.3. The van der Waals surface area contributed by atoms with Crippen LogP contribution in [0.15, 0.2) is 10.9 Å². The number of H-pyrrole nitrogens is 1. The lowest BCUT2D eigenvalue weighted by molar-refractivity contribution is -0.140. The second-order valence-electron chi connectivity index (χ2n) is 10.6. The molecule has 0 radical (unpaired) electrons. The molecule has 0 bridgehead atoms. The van der Waals surface area contributed by atoms with E-state index in [9.17, 15) is 14.4 Å². The van der Waals surface area contributed by atoms with Gasteiger partial charge in [0.2, 0.25) is 11.8 Å². The molecule has 8 heteroatoms. The van der Waals surface area contributed by atoms with Gasteiger partial charge in [0.05, 0.1) is 24.0 Å². The summed E-state index contributed by atoms with van der Waals surface area (Å²) in [5.74, 6) is 0.492. The number of aromatic amines is 1. The Morgan fingerprint density at radius 3 is 2.56 bits per heavy atom. The summed E-state index contributed by atoms with van der Waals surface area (Å²) in [5.41, 5.74) is 2.26. The fourth-order valence-corrected chi connectivity index (χ4v) is 5.59. The normalized spacial score (nSPS) is 22.0. The Morgan fingerprint density at radius 2 is 1.84 bits per heavy atom. The van der Waals surface area contributed by atoms with Crippen LogP contribution >= 0.6 is 0 Å². The van der Waals surface area contributed by atoms with Gasteiger partial charge in [-0.25, -0.2) is 9.50 Å². The molecule has 3 aliphatic rings. The molecular formula is C24H33N5O3. The van der Waals surface area contributed by atoms with Crippen LogP contribution in [0, 0.1) is 11.3 Å². The van der Waals surface area contributed by atoms with Crippen LogP contribution in [0.25, 0.3) is 5.65 Å². The number of nitrogens with one attached hydrogen (secondary N) is 1. The van der Waals surface area contributed by atoms with E-state index in [-0.39, 0.29) is 29.3 Å². The van der Waals surface area contributed by atoms with Gasteiger partial charge in [0.1, 0.15) is 0 Å². The van der Waals surface area contributed by atoms with E-state index in [1.54, 1.807) is 4.90 Å². The van der Waals surface area contributed by atoms with Crippen LogP contribution < -0.4 is 5.56 Å². The van der Waals surface area contributed by atoms with Crippen LogP contribution in [0.2, 0.25) is 0 Å². The minimum Gasteiger partial charge on any atom is -0.336 e. The predicted molar refractivity (Wildman–Crippen MR) is 120 cm³/mol. The Bertz CT molecular complexity index is 1120. The minimum absolute atomic E-state index is 0.0276. The van der Waals surface area contributed by atoms with E-state index in [4.69, 9.17) is 4.98 Å². The van der Waals surface area contributed by atoms with Crippen molar-refractivity contribution in [1.29, 1.82) is 0 Å². The first-order valence-corrected chi connectivity index (χ1v) is 12.0. The van der Waals surface area contributed by atoms with Gasteiger partial charge >= 0.3 is 0 Å². The molecule has 5 rings (SSSR count). The van der Waals surface area contributed by atoms with Gasteiger partial charge in [-0.05, 0) is 32.1 Å². The number of fused-ring (bicyclic) bond motifs is 2. The van der Waals surface area contributed by atoms with Gasteiger partial charge in [-0.3, -0.25) is 19.5 Å². The fraction of sp³-hybridized carbons (Fsp3) is 0.667. The highest BCUT2D eigenvalue weighted by atomic mass is 16.2. The van der Waals surface area contributed by atoms with Crippen LogP contribution in [-0.4, -0.2) is 49.3 Å². The molecule has 2 amide bonds. The van der Waals surface area contributed by atoms with Crippen molar-refractivity contribution in [2.45, 2.75) is 78.3 Å². The van der Waals surface area contributed by atoms with E-state index < -0.39 is 5.41 Å². The highest BCUT2D eigenvalue weighted by Crippen LogP contribution is 2.36. The number of hydrogen-bond donors (Lipinski definition) is 1. The Balaban J connectivity index is 1.45. The third kappa shape index (κ3) is 3.53. The highest BCUT2D eigenvalue weighted by molar-refractivity contribution is 5.82. The van der Waals surface area contributed by atoms with E-state index in [1.807, 2.05) is 31.7 Å². The van der Waals surface area contributed by atoms with E-state index >= 15 is 0 Å². The van der Waals surface area contributed by atoms with Crippen LogP contribution in [0.5, 0.6) is 0 Å². The molecule has 1 saturated heterocycles. The average molecular weight is 440 g/mol. The molecule has 32 heavy (non-hydrogen) atoms. The van der Waals surface area contributed by atoms with Gasteiger partial charge in [-0.2, -0.15) is 0 Å². The summed E-state index contributed by atoms with van der Waals surface area (Å²) in [4.78, 5) is 47.6. The van der Waals surface area contributed by atoms with Gasteiger partial charge in [0.15, 0.2) is 5.65 Å². The lowest BCUT2D eigenvalue weighted by atomic mass is 9.93. The zero-order valence-corrected chi connectivity index (χ0v) is 19.3. The summed E-state index contributed by atoms with van der Waals surface area (Å²) in [6.45, 7) is 7.41. The third-order valence-electron chi connectivity index (χ3n) is 7.31. The smallest absolute Gasteiger partial charge is 0.276 e. The molecule has 4 heterocycles. The minimum atomic E-state index is -0.463. The molecule has 2 fully saturated rings. The molecule has 1 saturated carbocycles. The molecule has 2 aromatic rings. The van der Waals surface area contributed by atoms with Crippen molar-refractivity contribution in [2.24, 2.45) is 11.3 Å². The fourth-order valence-electron chi connectivity index (χ4n) is 5.59. The van der Waals surface area contributed by atoms with Gasteiger partial charge < -0.3 is 9.80 Å². The highest BCUT2D eigenvalue weighted by Gasteiger charge is 2.36. The SMILES string of the molecule is CC(C)(C)C(=O)N1CCc2c(nc3cc([C@H]4CCCN4C(=O)C4CCCC4)[nH]n3c2=O)C1. The van der Waals surface area contributed by atoms with E-state index in [0.29, 0.717) is 36.4 Å². The third-order valence-corrected chi connectivity index (χ3v) is 7.31. The van der Waals surface area contributed by atoms with Gasteiger partial charge in [0, 0.05) is 36.1 Å². The molecule has 0 aromatic carbocycles. The molecule has 8 nitrogen and oxygen atoms in total. The lowest BCUT2D eigenvalue weighted by Gasteiger charge is -2.32. The molecular weight excluding hydrogens is 406 g/mol. The quantitative estimate of drug-likeness (QED) is 0.779. The number of likely N-dealkylation sites (tertiary alicyclic amines) is 1. The summed E-state index contributed by atoms with van der Waals surface area (Å²) in [6, 6.07) is 1.89. The van der Waals surface area contributed by atoms with Gasteiger partial charge in [-0.1, -0.05) is 33.6 Å². The molecule has 1 aliphatic carbocycles. The Morgan fingerprint density at radius 1 is 1.09 bits per heavy atom. The number of rotatable bonds is 2. The maximum atomic E-state index is 13.2. The van der Waals surface area contributed by atoms with Crippen molar-refractivity contribution >= 4 is 17.5 Å². The molecule has 2 aliphatic heterocycles. The maximum Gasteiger partial charge on any atom is 0.276 e. The number of carbonyl (C=O) groups is 2. The standard InChI is InChI=1S/C24H33N5O3/c1-24(2,3)23(32)27-12-10-16-18(14-27)25-20-13-17(26-29(20)22(16)31)19-9-6-11-28(19)21(30)15-7-4-5-8-15/h13,15,19,26H,4-12,14H2,1-3H3/t19-/m1/s1. The van der Waals surface area contributed by atoms with E-state index in [0.717, 1.165) is 50.8 Å². The van der Waals surface area contributed by atoms with Crippen LogP contribution in [0.1, 0.15) is 82.3 Å². The van der Waals surface area contributed by atoms with Crippen molar-refractivity contribution < 1.29 is 9.59 Å². The summed E-state index contributed by atoms with van der Waals surface area (Å²) in [6.07, 6.45) is 6.64. The molecule has 1 atom stereocenters. The Hall–Kier alpha value is -2.64. The van der Waals surface area contributed by atoms with Crippen molar-refractivity contribution in [3.63, 3.8) is 0 Å². The summed E-state index contributed by atoms with van der Waals surface area (Å²) in [5, 5.41) is 3.26. The number of carbonyl (C=O) groups excluding carboxylic acids is 2. The van der Waals surface area contributed by atoms with Crippen LogP contribution in [0.4, 0.5) is 0 Å². The first kappa shape index (κ1) is 21.2. The number of nitrogens with zero attached hydrogens (tertiary/aromatic N) is 4. The summed E-state index contributed by atoms with van der Waals surface area (Å²) in [7, 11) is 0. The van der Waals surface area contributed by atoms with Crippen molar-refractivity contribution in [3.05, 3.63) is 33.4 Å². The first-order chi connectivity index (χ1) is 15.2. The summed E-state index contributed by atoms with van der Waals surface area (Å²) < 4.78 is 1.52. The molecule has 0 spiro atoms. The van der Waals surface area contributed by atoms with Crippen molar-refractivity contribution in [1.82, 2.24) is 24.4 Å². The van der Waals surface area contributed by atoms with Gasteiger partial charge in [-0.15, -0.1) is 0 Å². The van der Waals surface area contributed by atoms with Gasteiger partial charge in [0.25, 0.3) is 5.56 Å². The van der Waals surface area contributed by atoms with E-state index in [1.165, 1.54) is 4.52 Å². The predicted octanol–water partition coefficient (Wildman–Crippen LogP) is 2.81. The molecule has 0 unspecified atom stereocenters. The Labute approximate surface area is 188 Å². The topological polar surface area (TPSA) is 90.8 Å². The number of aromatic nitrogens is 3. The lowest BCUT2D eigenvalue weighted by Crippen LogP contribution is -2.44. The van der Waals surface area contributed by atoms with Crippen molar-refractivity contribution in [2.75, 3.05) is 13.1 Å². The Kier molecular flexibility index (Phi) is 5.13. The maximum absolute atomic E-state index is 13.2.